The zero-order chi connectivity index (χ0) is 25.6. The molecule has 6 rings (SSSR count). The van der Waals surface area contributed by atoms with Gasteiger partial charge in [0.1, 0.15) is 17.0 Å². The van der Waals surface area contributed by atoms with Gasteiger partial charge in [-0.05, 0) is 51.1 Å². The highest BCUT2D eigenvalue weighted by atomic mass is 16.5. The van der Waals surface area contributed by atoms with Crippen molar-refractivity contribution >= 4 is 23.0 Å². The minimum absolute atomic E-state index is 0.0100. The zero-order valence-corrected chi connectivity index (χ0v) is 21.5. The molecule has 1 atom stereocenters. The maximum absolute atomic E-state index is 14.2. The van der Waals surface area contributed by atoms with E-state index in [1.54, 1.807) is 0 Å². The summed E-state index contributed by atoms with van der Waals surface area (Å²) in [4.78, 5) is 18.5. The van der Waals surface area contributed by atoms with E-state index in [4.69, 9.17) is 4.74 Å². The van der Waals surface area contributed by atoms with Crippen LogP contribution in [0.15, 0.2) is 91.0 Å². The predicted molar refractivity (Wildman–Crippen MR) is 150 cm³/mol. The van der Waals surface area contributed by atoms with Crippen LogP contribution in [-0.2, 0) is 5.54 Å². The molecule has 1 amide bonds. The van der Waals surface area contributed by atoms with Gasteiger partial charge in [0.2, 0.25) is 0 Å². The molecular weight excluding hydrogens is 458 g/mol. The number of nitrogens with zero attached hydrogens (tertiary/aromatic N) is 2. The van der Waals surface area contributed by atoms with Gasteiger partial charge in [0.25, 0.3) is 5.91 Å². The van der Waals surface area contributed by atoms with Gasteiger partial charge < -0.3 is 15.0 Å². The van der Waals surface area contributed by atoms with Crippen molar-refractivity contribution in [1.82, 2.24) is 0 Å². The number of benzene rings is 4. The molecule has 0 aromatic heterocycles. The topological polar surface area (TPSA) is 44.8 Å². The van der Waals surface area contributed by atoms with E-state index in [0.29, 0.717) is 5.56 Å². The molecule has 1 unspecified atom stereocenters. The molecule has 0 bridgehead atoms. The fourth-order valence-corrected chi connectivity index (χ4v) is 5.96. The lowest BCUT2D eigenvalue weighted by atomic mass is 9.74. The number of fused-ring (bicyclic) bond motifs is 6. The first kappa shape index (κ1) is 23.2. The number of rotatable bonds is 6. The summed E-state index contributed by atoms with van der Waals surface area (Å²) in [6.45, 7) is 9.01. The van der Waals surface area contributed by atoms with Crippen LogP contribution in [0.2, 0.25) is 0 Å². The number of hydrogen-bond acceptors (Lipinski definition) is 4. The van der Waals surface area contributed by atoms with Crippen LogP contribution in [0.1, 0.15) is 47.8 Å². The van der Waals surface area contributed by atoms with E-state index in [1.165, 1.54) is 0 Å². The van der Waals surface area contributed by atoms with Gasteiger partial charge in [0.05, 0.1) is 0 Å². The van der Waals surface area contributed by atoms with E-state index in [9.17, 15) is 4.79 Å². The molecule has 5 nitrogen and oxygen atoms in total. The van der Waals surface area contributed by atoms with Crippen molar-refractivity contribution in [3.8, 4) is 11.5 Å². The quantitative estimate of drug-likeness (QED) is 0.316. The maximum Gasteiger partial charge on any atom is 0.260 e. The zero-order valence-electron chi connectivity index (χ0n) is 21.5. The number of anilines is 3. The maximum atomic E-state index is 14.2. The molecule has 2 heterocycles. The third-order valence-corrected chi connectivity index (χ3v) is 7.56. The molecule has 0 saturated carbocycles. The van der Waals surface area contributed by atoms with Crippen LogP contribution in [0.5, 0.6) is 11.5 Å². The molecule has 4 aromatic rings. The number of para-hydroxylation sites is 1. The Labute approximate surface area is 218 Å². The fourth-order valence-electron chi connectivity index (χ4n) is 5.96. The Morgan fingerprint density at radius 3 is 2.19 bits per heavy atom. The van der Waals surface area contributed by atoms with Gasteiger partial charge in [-0.1, -0.05) is 48.5 Å². The fraction of sp³-hybridized carbons (Fsp3) is 0.219. The SMILES string of the molecule is CCNc1ccc2c(c1)Oc1cc(N(CC)CC)ccc1C21c2ccccc2C(=O)N1c1ccccc1. The molecule has 4 aromatic carbocycles. The average molecular weight is 490 g/mol. The molecular formula is C32H31N3O2. The molecule has 1 spiro atoms. The Kier molecular flexibility index (Phi) is 5.64. The van der Waals surface area contributed by atoms with Gasteiger partial charge >= 0.3 is 0 Å². The van der Waals surface area contributed by atoms with Crippen molar-refractivity contribution in [2.75, 3.05) is 34.8 Å². The Morgan fingerprint density at radius 1 is 0.784 bits per heavy atom. The molecule has 0 radical (unpaired) electrons. The van der Waals surface area contributed by atoms with Crippen LogP contribution in [0.4, 0.5) is 17.1 Å². The van der Waals surface area contributed by atoms with Gasteiger partial charge in [-0.3, -0.25) is 9.69 Å². The predicted octanol–water partition coefficient (Wildman–Crippen LogP) is 7.02. The lowest BCUT2D eigenvalue weighted by molar-refractivity contribution is 0.0986. The number of nitrogens with one attached hydrogen (secondary N) is 1. The Hall–Kier alpha value is -4.25. The van der Waals surface area contributed by atoms with Crippen molar-refractivity contribution in [3.63, 3.8) is 0 Å². The summed E-state index contributed by atoms with van der Waals surface area (Å²) in [6.07, 6.45) is 0. The van der Waals surface area contributed by atoms with Crippen LogP contribution in [-0.4, -0.2) is 25.5 Å². The molecule has 2 aliphatic rings. The molecule has 0 saturated heterocycles. The summed E-state index contributed by atoms with van der Waals surface area (Å²) < 4.78 is 6.66. The van der Waals surface area contributed by atoms with Crippen LogP contribution >= 0.6 is 0 Å². The highest BCUT2D eigenvalue weighted by Crippen LogP contribution is 2.59. The van der Waals surface area contributed by atoms with E-state index in [-0.39, 0.29) is 5.91 Å². The molecule has 5 heteroatoms. The van der Waals surface area contributed by atoms with Crippen LogP contribution < -0.4 is 19.9 Å². The van der Waals surface area contributed by atoms with E-state index >= 15 is 0 Å². The molecule has 2 aliphatic heterocycles. The summed E-state index contributed by atoms with van der Waals surface area (Å²) in [7, 11) is 0. The largest absolute Gasteiger partial charge is 0.456 e. The molecule has 37 heavy (non-hydrogen) atoms. The number of carbonyl (C=O) groups is 1. The third-order valence-electron chi connectivity index (χ3n) is 7.56. The van der Waals surface area contributed by atoms with Crippen LogP contribution in [0.3, 0.4) is 0 Å². The normalized spacial score (nSPS) is 17.2. The first-order chi connectivity index (χ1) is 18.1. The first-order valence-electron chi connectivity index (χ1n) is 13.1. The Balaban J connectivity index is 1.70. The highest BCUT2D eigenvalue weighted by Gasteiger charge is 2.56. The minimum atomic E-state index is -0.857. The van der Waals surface area contributed by atoms with E-state index < -0.39 is 5.54 Å². The van der Waals surface area contributed by atoms with Crippen molar-refractivity contribution < 1.29 is 9.53 Å². The molecule has 0 fully saturated rings. The second kappa shape index (κ2) is 9.00. The molecule has 186 valence electrons. The van der Waals surface area contributed by atoms with Gasteiger partial charge in [0, 0.05) is 71.1 Å². The van der Waals surface area contributed by atoms with Gasteiger partial charge in [-0.25, -0.2) is 0 Å². The minimum Gasteiger partial charge on any atom is -0.456 e. The van der Waals surface area contributed by atoms with E-state index in [2.05, 4.69) is 73.5 Å². The van der Waals surface area contributed by atoms with Crippen molar-refractivity contribution in [2.45, 2.75) is 26.3 Å². The monoisotopic (exact) mass is 489 g/mol. The highest BCUT2D eigenvalue weighted by molar-refractivity contribution is 6.14. The lowest BCUT2D eigenvalue weighted by Gasteiger charge is -2.44. The number of ether oxygens (including phenoxy) is 1. The second-order valence-electron chi connectivity index (χ2n) is 9.43. The van der Waals surface area contributed by atoms with Crippen molar-refractivity contribution in [1.29, 1.82) is 0 Å². The summed E-state index contributed by atoms with van der Waals surface area (Å²) in [5.41, 5.74) is 5.71. The van der Waals surface area contributed by atoms with Crippen LogP contribution in [0.25, 0.3) is 0 Å². The Morgan fingerprint density at radius 2 is 1.46 bits per heavy atom. The van der Waals surface area contributed by atoms with E-state index in [1.807, 2.05) is 53.4 Å². The summed E-state index contributed by atoms with van der Waals surface area (Å²) >= 11 is 0. The van der Waals surface area contributed by atoms with E-state index in [0.717, 1.165) is 64.9 Å². The third kappa shape index (κ3) is 3.34. The Bertz CT molecular complexity index is 1480. The van der Waals surface area contributed by atoms with Gasteiger partial charge in [-0.2, -0.15) is 0 Å². The number of hydrogen-bond donors (Lipinski definition) is 1. The van der Waals surface area contributed by atoms with Crippen molar-refractivity contribution in [2.24, 2.45) is 0 Å². The summed E-state index contributed by atoms with van der Waals surface area (Å²) in [5, 5.41) is 3.41. The summed E-state index contributed by atoms with van der Waals surface area (Å²) in [5.74, 6) is 1.52. The lowest BCUT2D eigenvalue weighted by Crippen LogP contribution is -2.47. The number of carbonyl (C=O) groups excluding carboxylic acids is 1. The average Bonchev–Trinajstić information content (AvgIpc) is 3.19. The van der Waals surface area contributed by atoms with Gasteiger partial charge in [-0.15, -0.1) is 0 Å². The molecule has 1 N–H and O–H groups in total. The van der Waals surface area contributed by atoms with Crippen LogP contribution in [0, 0.1) is 0 Å². The van der Waals surface area contributed by atoms with Crippen molar-refractivity contribution in [3.05, 3.63) is 113 Å². The first-order valence-corrected chi connectivity index (χ1v) is 13.1. The second-order valence-corrected chi connectivity index (χ2v) is 9.43. The summed E-state index contributed by atoms with van der Waals surface area (Å²) in [6, 6.07) is 30.6. The smallest absolute Gasteiger partial charge is 0.260 e. The standard InChI is InChI=1S/C32H31N3O2/c1-4-33-22-16-18-27-29(20-22)37-30-21-24(34(5-2)6-3)17-19-28(30)32(27)26-15-11-10-14-25(26)31(36)35(32)23-12-8-7-9-13-23/h7-21,33H,4-6H2,1-3H3. The molecule has 0 aliphatic carbocycles. The number of amides is 1. The van der Waals surface area contributed by atoms with Gasteiger partial charge in [0.15, 0.2) is 0 Å².